The van der Waals surface area contributed by atoms with Crippen LogP contribution in [0.3, 0.4) is 0 Å². The lowest BCUT2D eigenvalue weighted by molar-refractivity contribution is -0.136. The van der Waals surface area contributed by atoms with Gasteiger partial charge >= 0.3 is 11.9 Å². The Balaban J connectivity index is 1.76. The van der Waals surface area contributed by atoms with Crippen molar-refractivity contribution in [1.29, 1.82) is 0 Å². The molecule has 1 aromatic heterocycles. The van der Waals surface area contributed by atoms with E-state index in [2.05, 4.69) is 10.3 Å². The quantitative estimate of drug-likeness (QED) is 0.353. The van der Waals surface area contributed by atoms with Crippen molar-refractivity contribution in [2.75, 3.05) is 0 Å². The van der Waals surface area contributed by atoms with Crippen molar-refractivity contribution in [3.05, 3.63) is 89.6 Å². The smallest absolute Gasteiger partial charge is 0.358 e. The number of hydrogen-bond donors (Lipinski definition) is 3. The van der Waals surface area contributed by atoms with Gasteiger partial charge in [-0.25, -0.2) is 9.78 Å². The number of aryl methyl sites for hydroxylation is 1. The van der Waals surface area contributed by atoms with Crippen LogP contribution in [0.5, 0.6) is 0 Å². The molecule has 0 saturated carbocycles. The van der Waals surface area contributed by atoms with Gasteiger partial charge in [-0.15, -0.1) is 11.8 Å². The van der Waals surface area contributed by atoms with Crippen molar-refractivity contribution in [3.8, 4) is 0 Å². The fraction of sp³-hybridized carbons (Fsp3) is 0.280. The predicted octanol–water partition coefficient (Wildman–Crippen LogP) is 3.98. The van der Waals surface area contributed by atoms with Crippen molar-refractivity contribution < 1.29 is 29.0 Å². The molecule has 3 rings (SSSR count). The van der Waals surface area contributed by atoms with Gasteiger partial charge in [0.25, 0.3) is 0 Å². The largest absolute Gasteiger partial charge is 0.480 e. The zero-order valence-electron chi connectivity index (χ0n) is 18.6. The van der Waals surface area contributed by atoms with Crippen LogP contribution in [0.1, 0.15) is 46.8 Å². The third kappa shape index (κ3) is 6.95. The van der Waals surface area contributed by atoms with Gasteiger partial charge in [-0.1, -0.05) is 60.7 Å². The van der Waals surface area contributed by atoms with Crippen LogP contribution in [0.25, 0.3) is 0 Å². The second kappa shape index (κ2) is 12.0. The molecule has 0 aliphatic carbocycles. The molecule has 3 N–H and O–H groups in total. The molecule has 2 aromatic carbocycles. The summed E-state index contributed by atoms with van der Waals surface area (Å²) in [5.74, 6) is -2.61. The number of nitrogens with one attached hydrogen (secondary N) is 1. The molecule has 0 spiro atoms. The number of carbonyl (C=O) groups is 3. The van der Waals surface area contributed by atoms with Gasteiger partial charge in [0.1, 0.15) is 5.25 Å². The van der Waals surface area contributed by atoms with E-state index in [0.29, 0.717) is 19.3 Å². The summed E-state index contributed by atoms with van der Waals surface area (Å²) < 4.78 is 5.19. The highest BCUT2D eigenvalue weighted by Crippen LogP contribution is 2.27. The number of aromatic carboxylic acids is 1. The highest BCUT2D eigenvalue weighted by molar-refractivity contribution is 8.01. The Kier molecular flexibility index (Phi) is 8.86. The number of carbonyl (C=O) groups excluding carboxylic acids is 1. The van der Waals surface area contributed by atoms with E-state index >= 15 is 0 Å². The minimum atomic E-state index is -1.26. The number of oxazole rings is 1. The number of carboxylic acids is 2. The summed E-state index contributed by atoms with van der Waals surface area (Å²) in [6, 6.07) is 18.2. The molecule has 0 fully saturated rings. The first-order valence-electron chi connectivity index (χ1n) is 10.8. The first-order valence-corrected chi connectivity index (χ1v) is 11.7. The lowest BCUT2D eigenvalue weighted by atomic mass is 10.1. The summed E-state index contributed by atoms with van der Waals surface area (Å²) in [5.41, 5.74) is 1.64. The van der Waals surface area contributed by atoms with Crippen molar-refractivity contribution in [2.24, 2.45) is 0 Å². The second-order valence-electron chi connectivity index (χ2n) is 7.77. The van der Waals surface area contributed by atoms with E-state index in [1.165, 1.54) is 0 Å². The number of amides is 1. The summed E-state index contributed by atoms with van der Waals surface area (Å²) in [6.07, 6.45) is 2.27. The van der Waals surface area contributed by atoms with Gasteiger partial charge in [-0.05, 0) is 37.3 Å². The van der Waals surface area contributed by atoms with E-state index in [4.69, 9.17) is 4.42 Å². The fourth-order valence-corrected chi connectivity index (χ4v) is 4.76. The third-order valence-electron chi connectivity index (χ3n) is 5.25. The van der Waals surface area contributed by atoms with E-state index in [1.54, 1.807) is 6.92 Å². The Labute approximate surface area is 201 Å². The summed E-state index contributed by atoms with van der Waals surface area (Å²) in [6.45, 7) is 1.60. The van der Waals surface area contributed by atoms with Crippen LogP contribution in [-0.4, -0.2) is 43.5 Å². The van der Waals surface area contributed by atoms with Crippen LogP contribution in [-0.2, 0) is 22.4 Å². The Bertz CT molecular complexity index is 1100. The van der Waals surface area contributed by atoms with Crippen molar-refractivity contribution in [3.63, 3.8) is 0 Å². The number of nitrogens with zero attached hydrogens (tertiary/aromatic N) is 1. The standard InChI is InChI=1S/C25H26N2O6S/c1-16(22-21(25(31)32)26-15-33-22)27-23(28)20(14-18-10-6-3-7-11-18)34-19(24(29)30)13-12-17-8-4-2-5-9-17/h2-11,15-16,19-20H,12-14H2,1H3,(H,27,28)(H,29,30)(H,31,32). The van der Waals surface area contributed by atoms with Crippen molar-refractivity contribution in [2.45, 2.75) is 42.7 Å². The Hall–Kier alpha value is -3.59. The SMILES string of the molecule is CC(NC(=O)C(Cc1ccccc1)SC(CCc1ccccc1)C(=O)O)c1ocnc1C(=O)O. The first-order chi connectivity index (χ1) is 16.3. The van der Waals surface area contributed by atoms with Gasteiger partial charge in [0, 0.05) is 0 Å². The maximum atomic E-state index is 13.2. The molecule has 0 aliphatic heterocycles. The molecule has 0 bridgehead atoms. The molecule has 0 saturated heterocycles. The molecule has 0 radical (unpaired) electrons. The molecule has 0 aliphatic rings. The van der Waals surface area contributed by atoms with E-state index in [9.17, 15) is 24.6 Å². The summed E-state index contributed by atoms with van der Waals surface area (Å²) in [5, 5.41) is 20.4. The minimum absolute atomic E-state index is 0.0307. The topological polar surface area (TPSA) is 130 Å². The Morgan fingerprint density at radius 2 is 1.59 bits per heavy atom. The monoisotopic (exact) mass is 482 g/mol. The maximum absolute atomic E-state index is 13.2. The number of benzene rings is 2. The number of hydrogen-bond acceptors (Lipinski definition) is 6. The van der Waals surface area contributed by atoms with Crippen LogP contribution in [0.4, 0.5) is 0 Å². The molecule has 9 heteroatoms. The molecule has 34 heavy (non-hydrogen) atoms. The molecule has 178 valence electrons. The van der Waals surface area contributed by atoms with Gasteiger partial charge in [-0.2, -0.15) is 0 Å². The molecule has 3 atom stereocenters. The number of carboxylic acid groups (broad SMARTS) is 2. The lowest BCUT2D eigenvalue weighted by Crippen LogP contribution is -2.38. The van der Waals surface area contributed by atoms with Gasteiger partial charge in [0.15, 0.2) is 17.8 Å². The molecule has 3 unspecified atom stereocenters. The zero-order chi connectivity index (χ0) is 24.5. The van der Waals surface area contributed by atoms with E-state index in [1.807, 2.05) is 60.7 Å². The number of rotatable bonds is 12. The zero-order valence-corrected chi connectivity index (χ0v) is 19.4. The molecular formula is C25H26N2O6S. The van der Waals surface area contributed by atoms with Gasteiger partial charge in [0.05, 0.1) is 11.3 Å². The van der Waals surface area contributed by atoms with E-state index < -0.39 is 34.4 Å². The average Bonchev–Trinajstić information content (AvgIpc) is 3.33. The predicted molar refractivity (Wildman–Crippen MR) is 128 cm³/mol. The van der Waals surface area contributed by atoms with Crippen LogP contribution in [0.2, 0.25) is 0 Å². The van der Waals surface area contributed by atoms with Crippen molar-refractivity contribution in [1.82, 2.24) is 10.3 Å². The van der Waals surface area contributed by atoms with Gasteiger partial charge in [0.2, 0.25) is 5.91 Å². The second-order valence-corrected chi connectivity index (χ2v) is 9.18. The van der Waals surface area contributed by atoms with Gasteiger partial charge < -0.3 is 19.9 Å². The number of aliphatic carboxylic acids is 1. The third-order valence-corrected chi connectivity index (χ3v) is 6.72. The summed E-state index contributed by atoms with van der Waals surface area (Å²) >= 11 is 1.10. The molecule has 8 nitrogen and oxygen atoms in total. The minimum Gasteiger partial charge on any atom is -0.480 e. The Morgan fingerprint density at radius 3 is 2.18 bits per heavy atom. The lowest BCUT2D eigenvalue weighted by Gasteiger charge is -2.22. The van der Waals surface area contributed by atoms with Crippen LogP contribution in [0.15, 0.2) is 71.5 Å². The number of thioether (sulfide) groups is 1. The van der Waals surface area contributed by atoms with E-state index in [0.717, 1.165) is 29.3 Å². The molecule has 1 heterocycles. The molecule has 3 aromatic rings. The number of aromatic nitrogens is 1. The highest BCUT2D eigenvalue weighted by Gasteiger charge is 2.30. The highest BCUT2D eigenvalue weighted by atomic mass is 32.2. The fourth-order valence-electron chi connectivity index (χ4n) is 3.52. The van der Waals surface area contributed by atoms with Gasteiger partial charge in [-0.3, -0.25) is 9.59 Å². The van der Waals surface area contributed by atoms with Crippen molar-refractivity contribution >= 4 is 29.6 Å². The maximum Gasteiger partial charge on any atom is 0.358 e. The first kappa shape index (κ1) is 25.0. The average molecular weight is 483 g/mol. The van der Waals surface area contributed by atoms with E-state index in [-0.39, 0.29) is 11.5 Å². The molecule has 1 amide bonds. The molecular weight excluding hydrogens is 456 g/mol. The summed E-state index contributed by atoms with van der Waals surface area (Å²) in [7, 11) is 0. The van der Waals surface area contributed by atoms with Crippen LogP contribution < -0.4 is 5.32 Å². The van der Waals surface area contributed by atoms with Crippen LogP contribution in [0, 0.1) is 0 Å². The summed E-state index contributed by atoms with van der Waals surface area (Å²) in [4.78, 5) is 40.3. The Morgan fingerprint density at radius 1 is 0.971 bits per heavy atom. The normalized spacial score (nSPS) is 13.6. The van der Waals surface area contributed by atoms with Crippen LogP contribution >= 0.6 is 11.8 Å².